The van der Waals surface area contributed by atoms with E-state index in [1.165, 1.54) is 22.0 Å². The first-order valence-corrected chi connectivity index (χ1v) is 5.79. The van der Waals surface area contributed by atoms with Crippen molar-refractivity contribution in [1.29, 1.82) is 0 Å². The summed E-state index contributed by atoms with van der Waals surface area (Å²) in [6, 6.07) is 0.486. The van der Waals surface area contributed by atoms with Gasteiger partial charge in [-0.1, -0.05) is 23.3 Å². The molecule has 0 amide bonds. The van der Waals surface area contributed by atoms with E-state index in [2.05, 4.69) is 37.2 Å². The molecule has 0 bridgehead atoms. The lowest BCUT2D eigenvalue weighted by atomic mass is 10.4. The molecule has 0 radical (unpaired) electrons. The van der Waals surface area contributed by atoms with Gasteiger partial charge < -0.3 is 0 Å². The van der Waals surface area contributed by atoms with Crippen LogP contribution in [-0.2, 0) is 0 Å². The van der Waals surface area contributed by atoms with E-state index < -0.39 is 0 Å². The average Bonchev–Trinajstić information content (AvgIpc) is 1.69. The van der Waals surface area contributed by atoms with Crippen molar-refractivity contribution in [3.8, 4) is 0 Å². The molecule has 0 saturated carbocycles. The van der Waals surface area contributed by atoms with Gasteiger partial charge in [-0.15, -0.1) is 0 Å². The maximum atomic E-state index is 4.01. The Morgan fingerprint density at radius 2 is 1.62 bits per heavy atom. The highest BCUT2D eigenvalue weighted by Gasteiger charge is 2.05. The summed E-state index contributed by atoms with van der Waals surface area (Å²) >= 11 is 8.02. The number of hydrogen-bond donors (Lipinski definition) is 2. The molecule has 0 fully saturated rings. The van der Waals surface area contributed by atoms with E-state index in [1.54, 1.807) is 0 Å². The van der Waals surface area contributed by atoms with Gasteiger partial charge in [0.2, 0.25) is 0 Å². The van der Waals surface area contributed by atoms with Gasteiger partial charge in [0.05, 0.1) is 0 Å². The molecule has 0 rings (SSSR count). The summed E-state index contributed by atoms with van der Waals surface area (Å²) in [5.74, 6) is 0. The molecule has 0 atom stereocenters. The molecule has 0 aliphatic heterocycles. The van der Waals surface area contributed by atoms with Crippen LogP contribution in [0.15, 0.2) is 0 Å². The molecule has 0 heterocycles. The summed E-state index contributed by atoms with van der Waals surface area (Å²) in [4.78, 5) is 0. The Morgan fingerprint density at radius 1 is 1.25 bits per heavy atom. The van der Waals surface area contributed by atoms with Crippen molar-refractivity contribution in [2.45, 2.75) is 19.9 Å². The van der Waals surface area contributed by atoms with Gasteiger partial charge in [0.25, 0.3) is 0 Å². The quantitative estimate of drug-likeness (QED) is 0.397. The van der Waals surface area contributed by atoms with Crippen molar-refractivity contribution in [2.75, 3.05) is 0 Å². The first kappa shape index (κ1) is 9.36. The summed E-state index contributed by atoms with van der Waals surface area (Å²) in [7, 11) is 2.78. The summed E-state index contributed by atoms with van der Waals surface area (Å²) in [5.41, 5.74) is 0. The van der Waals surface area contributed by atoms with Gasteiger partial charge in [-0.2, -0.15) is 3.71 Å². The molecule has 0 aromatic heterocycles. The van der Waals surface area contributed by atoms with Gasteiger partial charge in [0.15, 0.2) is 0 Å². The average molecular weight is 187 g/mol. The molecule has 1 nitrogen and oxygen atoms in total. The fourth-order valence-corrected chi connectivity index (χ4v) is 2.90. The molecule has 5 heteroatoms. The van der Waals surface area contributed by atoms with Crippen LogP contribution in [0.25, 0.3) is 0 Å². The molecular weight excluding hydrogens is 178 g/mol. The van der Waals surface area contributed by atoms with Crippen LogP contribution >= 0.6 is 45.3 Å². The van der Waals surface area contributed by atoms with Crippen molar-refractivity contribution < 1.29 is 0 Å². The highest BCUT2D eigenvalue weighted by Crippen LogP contribution is 2.29. The summed E-state index contributed by atoms with van der Waals surface area (Å²) in [5, 5.41) is 0. The van der Waals surface area contributed by atoms with Crippen LogP contribution in [0.3, 0.4) is 0 Å². The Morgan fingerprint density at radius 3 is 1.62 bits per heavy atom. The second-order valence-corrected chi connectivity index (χ2v) is 3.87. The minimum absolute atomic E-state index is 0.486. The van der Waals surface area contributed by atoms with E-state index in [1.807, 2.05) is 3.71 Å². The molecule has 0 N–H and O–H groups in total. The monoisotopic (exact) mass is 187 g/mol. The zero-order chi connectivity index (χ0) is 6.57. The lowest BCUT2D eigenvalue weighted by Crippen LogP contribution is -2.12. The molecule has 0 saturated heterocycles. The van der Waals surface area contributed by atoms with Gasteiger partial charge in [0, 0.05) is 6.04 Å². The van der Waals surface area contributed by atoms with Crippen LogP contribution < -0.4 is 0 Å². The largest absolute Gasteiger partial charge is 0.173 e. The molecule has 50 valence electrons. The van der Waals surface area contributed by atoms with E-state index in [-0.39, 0.29) is 0 Å². The van der Waals surface area contributed by atoms with E-state index in [0.717, 1.165) is 0 Å². The lowest BCUT2D eigenvalue weighted by Gasteiger charge is -2.16. The first-order chi connectivity index (χ1) is 3.72. The zero-order valence-electron chi connectivity index (χ0n) is 4.74. The third kappa shape index (κ3) is 3.40. The SMILES string of the molecule is CC(C)N(SS)SS. The Bertz CT molecular complexity index is 53.2. The molecule has 0 aliphatic rings. The van der Waals surface area contributed by atoms with Crippen molar-refractivity contribution in [2.24, 2.45) is 0 Å². The van der Waals surface area contributed by atoms with Gasteiger partial charge >= 0.3 is 0 Å². The number of hydrogen-bond acceptors (Lipinski definition) is 5. The number of rotatable bonds is 3. The minimum Gasteiger partial charge on any atom is -0.173 e. The third-order valence-corrected chi connectivity index (χ3v) is 3.91. The molecule has 0 unspecified atom stereocenters. The van der Waals surface area contributed by atoms with Crippen LogP contribution in [0.1, 0.15) is 13.8 Å². The standard InChI is InChI=1S/C3H9NS4/c1-3(2)4(7-5)8-6/h3,5-6H,1-2H3. The van der Waals surface area contributed by atoms with Crippen LogP contribution in [0.2, 0.25) is 0 Å². The molecule has 0 aromatic carbocycles. The van der Waals surface area contributed by atoms with Crippen LogP contribution in [0.5, 0.6) is 0 Å². The number of thiol groups is 2. The van der Waals surface area contributed by atoms with Crippen molar-refractivity contribution >= 4 is 45.3 Å². The minimum atomic E-state index is 0.486. The Balaban J connectivity index is 3.35. The summed E-state index contributed by atoms with van der Waals surface area (Å²) in [6.45, 7) is 4.18. The summed E-state index contributed by atoms with van der Waals surface area (Å²) < 4.78 is 1.98. The van der Waals surface area contributed by atoms with Crippen molar-refractivity contribution in [3.63, 3.8) is 0 Å². The van der Waals surface area contributed by atoms with E-state index in [9.17, 15) is 0 Å². The predicted molar refractivity (Wildman–Crippen MR) is 50.1 cm³/mol. The van der Waals surface area contributed by atoms with Gasteiger partial charge in [-0.05, 0) is 35.8 Å². The second kappa shape index (κ2) is 5.17. The van der Waals surface area contributed by atoms with E-state index >= 15 is 0 Å². The Labute approximate surface area is 68.9 Å². The highest BCUT2D eigenvalue weighted by atomic mass is 33.1. The maximum absolute atomic E-state index is 4.01. The van der Waals surface area contributed by atoms with Gasteiger partial charge in [0.1, 0.15) is 0 Å². The van der Waals surface area contributed by atoms with Crippen LogP contribution in [0.4, 0.5) is 0 Å². The maximum Gasteiger partial charge on any atom is 0.0274 e. The Hall–Kier alpha value is 1.36. The highest BCUT2D eigenvalue weighted by molar-refractivity contribution is 8.75. The molecular formula is C3H9NS4. The smallest absolute Gasteiger partial charge is 0.0274 e. The molecule has 0 aromatic rings. The second-order valence-electron chi connectivity index (χ2n) is 1.54. The number of nitrogens with zero attached hydrogens (tertiary/aromatic N) is 1. The van der Waals surface area contributed by atoms with Crippen molar-refractivity contribution in [1.82, 2.24) is 3.71 Å². The summed E-state index contributed by atoms with van der Waals surface area (Å²) in [6.07, 6.45) is 0. The first-order valence-electron chi connectivity index (χ1n) is 2.14. The Kier molecular flexibility index (Phi) is 6.05. The van der Waals surface area contributed by atoms with Crippen molar-refractivity contribution in [3.05, 3.63) is 0 Å². The molecule has 0 aliphatic carbocycles. The van der Waals surface area contributed by atoms with Crippen LogP contribution in [0, 0.1) is 0 Å². The molecule has 8 heavy (non-hydrogen) atoms. The van der Waals surface area contributed by atoms with E-state index in [4.69, 9.17) is 0 Å². The van der Waals surface area contributed by atoms with Gasteiger partial charge in [-0.3, -0.25) is 0 Å². The lowest BCUT2D eigenvalue weighted by molar-refractivity contribution is 0.610. The fourth-order valence-electron chi connectivity index (χ4n) is 0.203. The fraction of sp³-hybridized carbons (Fsp3) is 1.00. The van der Waals surface area contributed by atoms with Crippen LogP contribution in [-0.4, -0.2) is 9.75 Å². The third-order valence-electron chi connectivity index (χ3n) is 0.583. The van der Waals surface area contributed by atoms with Gasteiger partial charge in [-0.25, -0.2) is 0 Å². The molecule has 0 spiro atoms. The topological polar surface area (TPSA) is 3.24 Å². The van der Waals surface area contributed by atoms with E-state index in [0.29, 0.717) is 6.04 Å². The zero-order valence-corrected chi connectivity index (χ0v) is 8.16. The normalized spacial score (nSPS) is 11.2. The predicted octanol–water partition coefficient (Wildman–Crippen LogP) is 2.68.